The molecule has 3 heteroatoms. The van der Waals surface area contributed by atoms with Crippen LogP contribution in [0.15, 0.2) is 127 Å². The molecule has 0 fully saturated rings. The quantitative estimate of drug-likeness (QED) is 0.223. The van der Waals surface area contributed by atoms with Crippen LogP contribution in [0.1, 0.15) is 17.0 Å². The van der Waals surface area contributed by atoms with Gasteiger partial charge >= 0.3 is 0 Å². The van der Waals surface area contributed by atoms with E-state index in [-0.39, 0.29) is 12.0 Å². The SMILES string of the molecule is C1=CC2c3ccccc3OC2C(c2cccc3c2sc2cccc(-n4c5ccccc5c5ccccc54)c23)=C1. The maximum absolute atomic E-state index is 6.56. The number of benzene rings is 5. The number of nitrogens with zero attached hydrogens (tertiary/aromatic N) is 1. The van der Waals surface area contributed by atoms with Gasteiger partial charge in [-0.25, -0.2) is 0 Å². The van der Waals surface area contributed by atoms with Crippen molar-refractivity contribution in [2.75, 3.05) is 0 Å². The molecular formula is C36H23NOS. The van der Waals surface area contributed by atoms with E-state index in [2.05, 4.69) is 132 Å². The number of hydrogen-bond acceptors (Lipinski definition) is 2. The van der Waals surface area contributed by atoms with Crippen LogP contribution in [0.4, 0.5) is 0 Å². The van der Waals surface area contributed by atoms with Crippen molar-refractivity contribution >= 4 is 58.9 Å². The van der Waals surface area contributed by atoms with Gasteiger partial charge in [0.25, 0.3) is 0 Å². The highest BCUT2D eigenvalue weighted by Crippen LogP contribution is 2.49. The topological polar surface area (TPSA) is 14.2 Å². The van der Waals surface area contributed by atoms with Gasteiger partial charge in [-0.05, 0) is 35.9 Å². The van der Waals surface area contributed by atoms with Crippen LogP contribution in [0.3, 0.4) is 0 Å². The molecule has 2 atom stereocenters. The number of aromatic nitrogens is 1. The van der Waals surface area contributed by atoms with Crippen molar-refractivity contribution in [2.45, 2.75) is 12.0 Å². The van der Waals surface area contributed by atoms with Crippen molar-refractivity contribution in [3.05, 3.63) is 139 Å². The zero-order chi connectivity index (χ0) is 25.5. The molecule has 0 N–H and O–H groups in total. The monoisotopic (exact) mass is 517 g/mol. The molecule has 2 nitrogen and oxygen atoms in total. The molecule has 0 saturated carbocycles. The molecule has 184 valence electrons. The van der Waals surface area contributed by atoms with Gasteiger partial charge in [-0.1, -0.05) is 97.1 Å². The Labute approximate surface area is 229 Å². The highest BCUT2D eigenvalue weighted by atomic mass is 32.1. The highest BCUT2D eigenvalue weighted by Gasteiger charge is 2.37. The molecular weight excluding hydrogens is 494 g/mol. The molecule has 5 aromatic carbocycles. The number of allylic oxidation sites excluding steroid dienone is 2. The number of thiophene rings is 1. The van der Waals surface area contributed by atoms with Gasteiger partial charge in [0.05, 0.1) is 16.7 Å². The third-order valence-corrected chi connectivity index (χ3v) is 9.60. The molecule has 0 bridgehead atoms. The Balaban J connectivity index is 1.30. The first-order chi connectivity index (χ1) is 19.4. The molecule has 2 aliphatic rings. The minimum Gasteiger partial charge on any atom is -0.484 e. The number of ether oxygens (including phenoxy) is 1. The van der Waals surface area contributed by atoms with Gasteiger partial charge in [-0.15, -0.1) is 11.3 Å². The Morgan fingerprint density at radius 2 is 1.38 bits per heavy atom. The third kappa shape index (κ3) is 2.91. The summed E-state index contributed by atoms with van der Waals surface area (Å²) < 4.78 is 11.6. The first kappa shape index (κ1) is 21.3. The summed E-state index contributed by atoms with van der Waals surface area (Å²) in [5.41, 5.74) is 7.52. The number of para-hydroxylation sites is 3. The van der Waals surface area contributed by atoms with Crippen molar-refractivity contribution in [3.8, 4) is 11.4 Å². The first-order valence-corrected chi connectivity index (χ1v) is 14.3. The van der Waals surface area contributed by atoms with E-state index in [0.29, 0.717) is 0 Å². The van der Waals surface area contributed by atoms with Gasteiger partial charge < -0.3 is 9.30 Å². The summed E-state index contributed by atoms with van der Waals surface area (Å²) in [5, 5.41) is 5.18. The lowest BCUT2D eigenvalue weighted by Gasteiger charge is -2.23. The van der Waals surface area contributed by atoms with Crippen LogP contribution in [0.2, 0.25) is 0 Å². The predicted octanol–water partition coefficient (Wildman–Crippen LogP) is 9.65. The van der Waals surface area contributed by atoms with Crippen molar-refractivity contribution in [1.82, 2.24) is 4.57 Å². The Morgan fingerprint density at radius 3 is 2.23 bits per heavy atom. The third-order valence-electron chi connectivity index (χ3n) is 8.39. The summed E-state index contributed by atoms with van der Waals surface area (Å²) in [4.78, 5) is 0. The summed E-state index contributed by atoms with van der Waals surface area (Å²) >= 11 is 1.89. The second-order valence-electron chi connectivity index (χ2n) is 10.4. The predicted molar refractivity (Wildman–Crippen MR) is 164 cm³/mol. The fraction of sp³-hybridized carbons (Fsp3) is 0.0556. The van der Waals surface area contributed by atoms with Crippen LogP contribution in [0, 0.1) is 0 Å². The minimum absolute atomic E-state index is 0.0000173. The van der Waals surface area contributed by atoms with Crippen LogP contribution in [-0.2, 0) is 0 Å². The lowest BCUT2D eigenvalue weighted by molar-refractivity contribution is 0.278. The summed E-state index contributed by atoms with van der Waals surface area (Å²) in [5.74, 6) is 1.25. The fourth-order valence-corrected chi connectivity index (χ4v) is 8.00. The molecule has 39 heavy (non-hydrogen) atoms. The van der Waals surface area contributed by atoms with Gasteiger partial charge in [0.1, 0.15) is 11.9 Å². The largest absolute Gasteiger partial charge is 0.484 e. The Bertz CT molecular complexity index is 2120. The summed E-state index contributed by atoms with van der Waals surface area (Å²) in [6, 6.07) is 39.5. The molecule has 0 radical (unpaired) electrons. The zero-order valence-electron chi connectivity index (χ0n) is 21.0. The van der Waals surface area contributed by atoms with Gasteiger partial charge in [0, 0.05) is 48.0 Å². The molecule has 2 aromatic heterocycles. The van der Waals surface area contributed by atoms with Gasteiger partial charge in [0.15, 0.2) is 0 Å². The first-order valence-electron chi connectivity index (χ1n) is 13.4. The van der Waals surface area contributed by atoms with E-state index in [1.165, 1.54) is 64.4 Å². The molecule has 1 aliphatic carbocycles. The normalized spacial score (nSPS) is 18.0. The number of rotatable bonds is 2. The summed E-state index contributed by atoms with van der Waals surface area (Å²) in [7, 11) is 0. The molecule has 0 saturated heterocycles. The molecule has 3 heterocycles. The van der Waals surface area contributed by atoms with Crippen molar-refractivity contribution < 1.29 is 4.74 Å². The minimum atomic E-state index is 0.0000173. The van der Waals surface area contributed by atoms with Gasteiger partial charge in [-0.3, -0.25) is 0 Å². The van der Waals surface area contributed by atoms with E-state index in [0.717, 1.165) is 5.75 Å². The summed E-state index contributed by atoms with van der Waals surface area (Å²) in [6.07, 6.45) is 6.74. The number of hydrogen-bond donors (Lipinski definition) is 0. The van der Waals surface area contributed by atoms with Crippen LogP contribution in [0.5, 0.6) is 5.75 Å². The van der Waals surface area contributed by atoms with Gasteiger partial charge in [-0.2, -0.15) is 0 Å². The maximum Gasteiger partial charge on any atom is 0.135 e. The second-order valence-corrected chi connectivity index (χ2v) is 11.5. The van der Waals surface area contributed by atoms with Crippen molar-refractivity contribution in [1.29, 1.82) is 0 Å². The van der Waals surface area contributed by atoms with Crippen molar-refractivity contribution in [2.24, 2.45) is 0 Å². The average molecular weight is 518 g/mol. The van der Waals surface area contributed by atoms with E-state index in [4.69, 9.17) is 4.74 Å². The Morgan fingerprint density at radius 1 is 0.667 bits per heavy atom. The Hall–Kier alpha value is -4.60. The maximum atomic E-state index is 6.56. The van der Waals surface area contributed by atoms with Crippen LogP contribution >= 0.6 is 11.3 Å². The van der Waals surface area contributed by atoms with E-state index >= 15 is 0 Å². The molecule has 9 rings (SSSR count). The second kappa shape index (κ2) is 7.95. The summed E-state index contributed by atoms with van der Waals surface area (Å²) in [6.45, 7) is 0. The van der Waals surface area contributed by atoms with Crippen molar-refractivity contribution in [3.63, 3.8) is 0 Å². The molecule has 2 unspecified atom stereocenters. The van der Waals surface area contributed by atoms with Crippen LogP contribution < -0.4 is 4.74 Å². The van der Waals surface area contributed by atoms with E-state index in [1.807, 2.05) is 11.3 Å². The smallest absolute Gasteiger partial charge is 0.135 e. The Kier molecular flexibility index (Phi) is 4.35. The number of fused-ring (bicyclic) bond motifs is 9. The average Bonchev–Trinajstić information content (AvgIpc) is 3.67. The van der Waals surface area contributed by atoms with Crippen LogP contribution in [0.25, 0.3) is 53.2 Å². The lowest BCUT2D eigenvalue weighted by atomic mass is 9.84. The molecule has 1 aliphatic heterocycles. The zero-order valence-corrected chi connectivity index (χ0v) is 21.9. The molecule has 0 amide bonds. The van der Waals surface area contributed by atoms with Crippen LogP contribution in [-0.4, -0.2) is 10.7 Å². The van der Waals surface area contributed by atoms with E-state index < -0.39 is 0 Å². The fourth-order valence-electron chi connectivity index (χ4n) is 6.74. The highest BCUT2D eigenvalue weighted by molar-refractivity contribution is 7.26. The molecule has 7 aromatic rings. The lowest BCUT2D eigenvalue weighted by Crippen LogP contribution is -2.21. The van der Waals surface area contributed by atoms with E-state index in [9.17, 15) is 0 Å². The molecule has 0 spiro atoms. The standard InChI is InChI=1S/C36H23NOS/c1-4-17-29-22(10-1)23-11-2-5-18-30(23)37(29)31-19-9-21-33-34(31)28-16-8-15-27(36(28)39-33)26-14-7-13-25-24-12-3-6-20-32(24)38-35(25)26/h1-21,25,35H. The van der Waals surface area contributed by atoms with E-state index in [1.54, 1.807) is 0 Å². The van der Waals surface area contributed by atoms with Gasteiger partial charge in [0.2, 0.25) is 0 Å².